The lowest BCUT2D eigenvalue weighted by molar-refractivity contribution is -0.277. The Morgan fingerprint density at radius 2 is 1.53 bits per heavy atom. The van der Waals surface area contributed by atoms with Gasteiger partial charge in [0.05, 0.1) is 6.61 Å². The summed E-state index contributed by atoms with van der Waals surface area (Å²) in [5.74, 6) is -0.304. The number of hydrogen-bond donors (Lipinski definition) is 6. The van der Waals surface area contributed by atoms with E-state index in [0.717, 1.165) is 6.07 Å². The zero-order valence-electron chi connectivity index (χ0n) is 16.4. The van der Waals surface area contributed by atoms with Crippen LogP contribution in [0.2, 0.25) is 0 Å². The van der Waals surface area contributed by atoms with E-state index < -0.39 is 47.7 Å². The van der Waals surface area contributed by atoms with Crippen LogP contribution >= 0.6 is 0 Å². The predicted molar refractivity (Wildman–Crippen MR) is 110 cm³/mol. The van der Waals surface area contributed by atoms with Crippen molar-refractivity contribution in [3.63, 3.8) is 0 Å². The minimum absolute atomic E-state index is 0.0687. The Bertz CT molecular complexity index is 1050. The molecule has 0 aromatic heterocycles. The van der Waals surface area contributed by atoms with Gasteiger partial charge in [-0.3, -0.25) is 4.55 Å². The van der Waals surface area contributed by atoms with Crippen molar-refractivity contribution in [1.82, 2.24) is 0 Å². The van der Waals surface area contributed by atoms with Gasteiger partial charge in [-0.05, 0) is 35.4 Å². The maximum absolute atomic E-state index is 11.1. The molecular weight excluding hydrogens is 448 g/mol. The Labute approximate surface area is 183 Å². The van der Waals surface area contributed by atoms with Crippen molar-refractivity contribution in [2.45, 2.75) is 30.7 Å². The van der Waals surface area contributed by atoms with Crippen molar-refractivity contribution in [1.29, 1.82) is 0 Å². The van der Waals surface area contributed by atoms with Crippen LogP contribution in [0, 0.1) is 0 Å². The largest absolute Gasteiger partial charge is 0.508 e. The molecule has 6 N–H and O–H groups in total. The monoisotopic (exact) mass is 470 g/mol. The molecule has 1 aliphatic heterocycles. The van der Waals surface area contributed by atoms with E-state index in [-0.39, 0.29) is 17.2 Å². The van der Waals surface area contributed by atoms with Crippen molar-refractivity contribution in [3.05, 3.63) is 53.6 Å². The van der Waals surface area contributed by atoms with Gasteiger partial charge < -0.3 is 39.2 Å². The summed E-state index contributed by atoms with van der Waals surface area (Å²) in [4.78, 5) is 0. The summed E-state index contributed by atoms with van der Waals surface area (Å²) < 4.78 is 46.5. The first-order valence-corrected chi connectivity index (χ1v) is 10.7. The highest BCUT2D eigenvalue weighted by Gasteiger charge is 2.44. The second kappa shape index (κ2) is 9.83. The minimum atomic E-state index is -4.85. The second-order valence-corrected chi connectivity index (χ2v) is 8.01. The highest BCUT2D eigenvalue weighted by Crippen LogP contribution is 2.29. The van der Waals surface area contributed by atoms with Crippen LogP contribution in [0.25, 0.3) is 12.2 Å². The molecule has 1 heterocycles. The van der Waals surface area contributed by atoms with Gasteiger partial charge in [0.25, 0.3) is 0 Å². The van der Waals surface area contributed by atoms with Gasteiger partial charge in [0, 0.05) is 6.07 Å². The van der Waals surface area contributed by atoms with Gasteiger partial charge in [-0.25, -0.2) is 0 Å². The standard InChI is InChI=1S/C20H22O11S/c21-10-16-17(23)18(24)19(25)20(30-16)29-14-7-12(8-15(9-14)31-32(26,27)28)2-1-11-3-5-13(22)6-4-11/h1-9,16-25H,10H2,(H,26,27,28). The summed E-state index contributed by atoms with van der Waals surface area (Å²) in [6.45, 7) is -0.655. The molecule has 0 spiro atoms. The fraction of sp³-hybridized carbons (Fsp3) is 0.300. The quantitative estimate of drug-likeness (QED) is 0.235. The molecule has 32 heavy (non-hydrogen) atoms. The van der Waals surface area contributed by atoms with Crippen LogP contribution in [0.5, 0.6) is 17.2 Å². The van der Waals surface area contributed by atoms with Crippen molar-refractivity contribution < 1.29 is 52.2 Å². The first kappa shape index (κ1) is 23.9. The second-order valence-electron chi connectivity index (χ2n) is 6.99. The molecule has 3 rings (SSSR count). The Balaban J connectivity index is 1.89. The van der Waals surface area contributed by atoms with Gasteiger partial charge >= 0.3 is 10.4 Å². The van der Waals surface area contributed by atoms with Gasteiger partial charge in [0.1, 0.15) is 41.7 Å². The summed E-state index contributed by atoms with van der Waals surface area (Å²) in [7, 11) is -4.85. The van der Waals surface area contributed by atoms with E-state index >= 15 is 0 Å². The molecule has 12 heteroatoms. The van der Waals surface area contributed by atoms with E-state index in [1.165, 1.54) is 24.3 Å². The number of hydrogen-bond acceptors (Lipinski definition) is 10. The average Bonchev–Trinajstić information content (AvgIpc) is 2.72. The van der Waals surface area contributed by atoms with Gasteiger partial charge in [0.15, 0.2) is 0 Å². The Hall–Kier alpha value is -2.71. The molecule has 5 atom stereocenters. The van der Waals surface area contributed by atoms with E-state index in [1.54, 1.807) is 24.3 Å². The van der Waals surface area contributed by atoms with Crippen LogP contribution < -0.4 is 8.92 Å². The molecular formula is C20H22O11S. The van der Waals surface area contributed by atoms with Crippen molar-refractivity contribution >= 4 is 22.6 Å². The molecule has 0 radical (unpaired) electrons. The molecule has 1 saturated heterocycles. The average molecular weight is 470 g/mol. The summed E-state index contributed by atoms with van der Waals surface area (Å²) in [5, 5.41) is 48.5. The molecule has 11 nitrogen and oxygen atoms in total. The third-order valence-electron chi connectivity index (χ3n) is 4.57. The van der Waals surface area contributed by atoms with Gasteiger partial charge in [0.2, 0.25) is 6.29 Å². The zero-order chi connectivity index (χ0) is 23.5. The molecule has 0 saturated carbocycles. The summed E-state index contributed by atoms with van der Waals surface area (Å²) in [5.41, 5.74) is 1.07. The van der Waals surface area contributed by atoms with Crippen LogP contribution in [0.15, 0.2) is 42.5 Å². The zero-order valence-corrected chi connectivity index (χ0v) is 17.2. The smallest absolute Gasteiger partial charge is 0.446 e. The highest BCUT2D eigenvalue weighted by molar-refractivity contribution is 7.81. The van der Waals surface area contributed by atoms with E-state index in [9.17, 15) is 34.0 Å². The first-order chi connectivity index (χ1) is 15.1. The van der Waals surface area contributed by atoms with Gasteiger partial charge in [-0.15, -0.1) is 0 Å². The van der Waals surface area contributed by atoms with Crippen LogP contribution in [0.1, 0.15) is 11.1 Å². The number of aliphatic hydroxyl groups is 4. The van der Waals surface area contributed by atoms with E-state index in [2.05, 4.69) is 4.18 Å². The third kappa shape index (κ3) is 6.17. The molecule has 2 aromatic rings. The van der Waals surface area contributed by atoms with E-state index in [4.69, 9.17) is 14.0 Å². The van der Waals surface area contributed by atoms with Crippen molar-refractivity contribution in [2.24, 2.45) is 0 Å². The molecule has 1 aliphatic rings. The van der Waals surface area contributed by atoms with Gasteiger partial charge in [-0.1, -0.05) is 24.3 Å². The lowest BCUT2D eigenvalue weighted by Gasteiger charge is -2.39. The number of ether oxygens (including phenoxy) is 2. The fourth-order valence-corrected chi connectivity index (χ4v) is 3.34. The summed E-state index contributed by atoms with van der Waals surface area (Å²) in [6.07, 6.45) is -4.45. The number of phenols is 1. The molecule has 0 bridgehead atoms. The fourth-order valence-electron chi connectivity index (χ4n) is 3.00. The normalized spacial score (nSPS) is 26.2. The molecule has 174 valence electrons. The lowest BCUT2D eigenvalue weighted by atomic mass is 9.99. The van der Waals surface area contributed by atoms with Crippen molar-refractivity contribution in [3.8, 4) is 17.2 Å². The van der Waals surface area contributed by atoms with Crippen LogP contribution in [0.3, 0.4) is 0 Å². The number of benzene rings is 2. The Morgan fingerprint density at radius 3 is 2.16 bits per heavy atom. The lowest BCUT2D eigenvalue weighted by Crippen LogP contribution is -2.60. The topological polar surface area (TPSA) is 183 Å². The molecule has 5 unspecified atom stereocenters. The molecule has 0 aliphatic carbocycles. The maximum atomic E-state index is 11.1. The van der Waals surface area contributed by atoms with Crippen molar-refractivity contribution in [2.75, 3.05) is 6.61 Å². The minimum Gasteiger partial charge on any atom is -0.508 e. The Morgan fingerprint density at radius 1 is 0.906 bits per heavy atom. The van der Waals surface area contributed by atoms with E-state index in [0.29, 0.717) is 11.1 Å². The first-order valence-electron chi connectivity index (χ1n) is 9.32. The summed E-state index contributed by atoms with van der Waals surface area (Å²) in [6, 6.07) is 10.0. The van der Waals surface area contributed by atoms with Gasteiger partial charge in [-0.2, -0.15) is 8.42 Å². The molecule has 1 fully saturated rings. The van der Waals surface area contributed by atoms with Crippen LogP contribution in [-0.2, 0) is 15.1 Å². The SMILES string of the molecule is O=S(=O)(O)Oc1cc(C=Cc2ccc(O)cc2)cc(OC2OC(CO)C(O)C(O)C2O)c1. The van der Waals surface area contributed by atoms with E-state index in [1.807, 2.05) is 0 Å². The van der Waals surface area contributed by atoms with Crippen LogP contribution in [-0.4, -0.2) is 75.8 Å². The number of phenolic OH excluding ortho intramolecular Hbond substituents is 1. The Kier molecular flexibility index (Phi) is 7.36. The molecule has 2 aromatic carbocycles. The summed E-state index contributed by atoms with van der Waals surface area (Å²) >= 11 is 0. The number of aromatic hydroxyl groups is 1. The highest BCUT2D eigenvalue weighted by atomic mass is 32.3. The predicted octanol–water partition coefficient (Wildman–Crippen LogP) is -0.0771. The molecule has 0 amide bonds. The number of aliphatic hydroxyl groups excluding tert-OH is 4. The third-order valence-corrected chi connectivity index (χ3v) is 4.97. The maximum Gasteiger partial charge on any atom is 0.446 e. The number of rotatable bonds is 7. The van der Waals surface area contributed by atoms with Crippen LogP contribution in [0.4, 0.5) is 0 Å².